The number of amides is 2. The van der Waals surface area contributed by atoms with E-state index in [9.17, 15) is 19.1 Å². The highest BCUT2D eigenvalue weighted by Gasteiger charge is 2.19. The van der Waals surface area contributed by atoms with Crippen LogP contribution in [0.1, 0.15) is 34.5 Å². The fourth-order valence-corrected chi connectivity index (χ4v) is 2.42. The predicted molar refractivity (Wildman–Crippen MR) is 92.5 cm³/mol. The van der Waals surface area contributed by atoms with Crippen molar-refractivity contribution in [1.82, 2.24) is 10.6 Å². The Balaban J connectivity index is 1.86. The van der Waals surface area contributed by atoms with Crippen LogP contribution in [-0.2, 0) is 4.79 Å². The summed E-state index contributed by atoms with van der Waals surface area (Å²) in [4.78, 5) is 24.0. The number of carbonyl (C=O) groups is 2. The number of rotatable bonds is 6. The first-order valence-electron chi connectivity index (χ1n) is 7.95. The lowest BCUT2D eigenvalue weighted by molar-refractivity contribution is -0.121. The van der Waals surface area contributed by atoms with Crippen molar-refractivity contribution in [1.29, 1.82) is 0 Å². The highest BCUT2D eigenvalue weighted by Crippen LogP contribution is 2.17. The second-order valence-corrected chi connectivity index (χ2v) is 5.85. The fraction of sp³-hybridized carbons (Fsp3) is 0.263. The van der Waals surface area contributed by atoms with E-state index in [2.05, 4.69) is 10.6 Å². The number of aliphatic hydroxyl groups is 1. The van der Waals surface area contributed by atoms with Crippen LogP contribution in [0.15, 0.2) is 48.5 Å². The number of benzene rings is 2. The van der Waals surface area contributed by atoms with Gasteiger partial charge in [-0.25, -0.2) is 4.39 Å². The highest BCUT2D eigenvalue weighted by molar-refractivity contribution is 5.97. The third-order valence-corrected chi connectivity index (χ3v) is 3.87. The number of carbonyl (C=O) groups excluding carboxylic acids is 2. The Morgan fingerprint density at radius 2 is 1.76 bits per heavy atom. The van der Waals surface area contributed by atoms with Crippen LogP contribution in [0.3, 0.4) is 0 Å². The first-order chi connectivity index (χ1) is 11.9. The number of aryl methyl sites for hydroxylation is 1. The molecule has 0 bridgehead atoms. The van der Waals surface area contributed by atoms with Crippen LogP contribution < -0.4 is 10.6 Å². The molecule has 2 aromatic carbocycles. The SMILES string of the molecule is Cc1ccccc1C(=O)NCC(=O)NC(C)C(O)c1ccc(F)cc1. The van der Waals surface area contributed by atoms with Gasteiger partial charge in [0.15, 0.2) is 0 Å². The second kappa shape index (κ2) is 8.39. The van der Waals surface area contributed by atoms with Gasteiger partial charge in [-0.3, -0.25) is 9.59 Å². The molecule has 2 rings (SSSR count). The maximum atomic E-state index is 12.9. The molecule has 2 unspecified atom stereocenters. The third-order valence-electron chi connectivity index (χ3n) is 3.87. The van der Waals surface area contributed by atoms with E-state index in [0.29, 0.717) is 11.1 Å². The zero-order chi connectivity index (χ0) is 18.4. The van der Waals surface area contributed by atoms with Crippen LogP contribution in [0.4, 0.5) is 4.39 Å². The summed E-state index contributed by atoms with van der Waals surface area (Å²) in [6, 6.07) is 11.9. The van der Waals surface area contributed by atoms with Gasteiger partial charge < -0.3 is 15.7 Å². The fourth-order valence-electron chi connectivity index (χ4n) is 2.42. The molecule has 0 spiro atoms. The van der Waals surface area contributed by atoms with Crippen LogP contribution in [0.5, 0.6) is 0 Å². The van der Waals surface area contributed by atoms with Gasteiger partial charge in [0, 0.05) is 5.56 Å². The molecule has 0 radical (unpaired) electrons. The molecular weight excluding hydrogens is 323 g/mol. The molecule has 0 aliphatic heterocycles. The Kier molecular flexibility index (Phi) is 6.25. The molecule has 25 heavy (non-hydrogen) atoms. The van der Waals surface area contributed by atoms with Gasteiger partial charge in [-0.2, -0.15) is 0 Å². The van der Waals surface area contributed by atoms with Gasteiger partial charge in [0.05, 0.1) is 18.7 Å². The molecule has 0 aliphatic rings. The minimum absolute atomic E-state index is 0.201. The topological polar surface area (TPSA) is 78.4 Å². The van der Waals surface area contributed by atoms with Crippen LogP contribution >= 0.6 is 0 Å². The molecule has 2 aromatic rings. The van der Waals surface area contributed by atoms with E-state index >= 15 is 0 Å². The molecule has 3 N–H and O–H groups in total. The predicted octanol–water partition coefficient (Wildman–Crippen LogP) is 2.10. The van der Waals surface area contributed by atoms with Gasteiger partial charge in [0.1, 0.15) is 5.82 Å². The minimum Gasteiger partial charge on any atom is -0.386 e. The van der Waals surface area contributed by atoms with Gasteiger partial charge in [-0.15, -0.1) is 0 Å². The summed E-state index contributed by atoms with van der Waals surface area (Å²) >= 11 is 0. The molecule has 2 atom stereocenters. The molecule has 132 valence electrons. The Morgan fingerprint density at radius 1 is 1.12 bits per heavy atom. The number of nitrogens with one attached hydrogen (secondary N) is 2. The molecule has 6 heteroatoms. The van der Waals surface area contributed by atoms with Crippen molar-refractivity contribution in [2.24, 2.45) is 0 Å². The number of hydrogen-bond acceptors (Lipinski definition) is 3. The first kappa shape index (κ1) is 18.6. The summed E-state index contributed by atoms with van der Waals surface area (Å²) < 4.78 is 12.9. The van der Waals surface area contributed by atoms with Crippen LogP contribution in [0.25, 0.3) is 0 Å². The van der Waals surface area contributed by atoms with E-state index in [1.165, 1.54) is 24.3 Å². The average Bonchev–Trinajstić information content (AvgIpc) is 2.60. The number of aliphatic hydroxyl groups excluding tert-OH is 1. The van der Waals surface area contributed by atoms with E-state index in [-0.39, 0.29) is 12.5 Å². The van der Waals surface area contributed by atoms with Crippen molar-refractivity contribution in [3.63, 3.8) is 0 Å². The lowest BCUT2D eigenvalue weighted by Crippen LogP contribution is -2.43. The summed E-state index contributed by atoms with van der Waals surface area (Å²) in [6.07, 6.45) is -0.975. The zero-order valence-corrected chi connectivity index (χ0v) is 14.1. The van der Waals surface area contributed by atoms with Gasteiger partial charge >= 0.3 is 0 Å². The molecule has 0 saturated carbocycles. The monoisotopic (exact) mass is 344 g/mol. The van der Waals surface area contributed by atoms with Crippen molar-refractivity contribution in [3.05, 3.63) is 71.0 Å². The largest absolute Gasteiger partial charge is 0.386 e. The quantitative estimate of drug-likeness (QED) is 0.751. The standard InChI is InChI=1S/C19H21FN2O3/c1-12-5-3-4-6-16(12)19(25)21-11-17(23)22-13(2)18(24)14-7-9-15(20)10-8-14/h3-10,13,18,24H,11H2,1-2H3,(H,21,25)(H,22,23). The van der Waals surface area contributed by atoms with Gasteiger partial charge in [0.2, 0.25) is 5.91 Å². The van der Waals surface area contributed by atoms with Crippen molar-refractivity contribution < 1.29 is 19.1 Å². The van der Waals surface area contributed by atoms with E-state index in [0.717, 1.165) is 5.56 Å². The molecule has 0 saturated heterocycles. The summed E-state index contributed by atoms with van der Waals surface area (Å²) in [5.41, 5.74) is 1.83. The second-order valence-electron chi connectivity index (χ2n) is 5.85. The van der Waals surface area contributed by atoms with Crippen molar-refractivity contribution in [2.75, 3.05) is 6.54 Å². The van der Waals surface area contributed by atoms with E-state index < -0.39 is 23.9 Å². The summed E-state index contributed by atoms with van der Waals surface area (Å²) in [5.74, 6) is -1.15. The normalized spacial score (nSPS) is 13.0. The Hall–Kier alpha value is -2.73. The number of hydrogen-bond donors (Lipinski definition) is 3. The molecule has 0 heterocycles. The van der Waals surface area contributed by atoms with Gasteiger partial charge in [-0.1, -0.05) is 30.3 Å². The van der Waals surface area contributed by atoms with Gasteiger partial charge in [-0.05, 0) is 43.2 Å². The summed E-state index contributed by atoms with van der Waals surface area (Å²) in [5, 5.41) is 15.4. The molecule has 0 aromatic heterocycles. The third kappa shape index (κ3) is 5.12. The smallest absolute Gasteiger partial charge is 0.251 e. The number of halogens is 1. The van der Waals surface area contributed by atoms with Crippen LogP contribution in [0.2, 0.25) is 0 Å². The lowest BCUT2D eigenvalue weighted by atomic mass is 10.0. The van der Waals surface area contributed by atoms with E-state index in [4.69, 9.17) is 0 Å². The lowest BCUT2D eigenvalue weighted by Gasteiger charge is -2.20. The minimum atomic E-state index is -0.975. The highest BCUT2D eigenvalue weighted by atomic mass is 19.1. The van der Waals surface area contributed by atoms with Gasteiger partial charge in [0.25, 0.3) is 5.91 Å². The molecule has 5 nitrogen and oxygen atoms in total. The molecule has 2 amide bonds. The Labute approximate surface area is 145 Å². The molecular formula is C19H21FN2O3. The van der Waals surface area contributed by atoms with Crippen molar-refractivity contribution in [3.8, 4) is 0 Å². The first-order valence-corrected chi connectivity index (χ1v) is 7.95. The van der Waals surface area contributed by atoms with Crippen molar-refractivity contribution >= 4 is 11.8 Å². The van der Waals surface area contributed by atoms with E-state index in [1.54, 1.807) is 19.1 Å². The van der Waals surface area contributed by atoms with Crippen LogP contribution in [0, 0.1) is 12.7 Å². The summed E-state index contributed by atoms with van der Waals surface area (Å²) in [7, 11) is 0. The van der Waals surface area contributed by atoms with E-state index in [1.807, 2.05) is 19.1 Å². The molecule has 0 aliphatic carbocycles. The maximum Gasteiger partial charge on any atom is 0.251 e. The Bertz CT molecular complexity index is 747. The summed E-state index contributed by atoms with van der Waals surface area (Å²) in [6.45, 7) is 3.25. The van der Waals surface area contributed by atoms with Crippen molar-refractivity contribution in [2.45, 2.75) is 26.0 Å². The average molecular weight is 344 g/mol. The maximum absolute atomic E-state index is 12.9. The Morgan fingerprint density at radius 3 is 2.40 bits per heavy atom. The van der Waals surface area contributed by atoms with Crippen LogP contribution in [-0.4, -0.2) is 29.5 Å². The zero-order valence-electron chi connectivity index (χ0n) is 14.1. The molecule has 0 fully saturated rings.